The number of carbonyl (C=O) groups is 2. The molecule has 0 aliphatic carbocycles. The molecule has 0 saturated carbocycles. The highest BCUT2D eigenvalue weighted by Gasteiger charge is 2.41. The van der Waals surface area contributed by atoms with Crippen LogP contribution >= 0.6 is 0 Å². The number of benzene rings is 1. The average molecular weight is 711 g/mol. The Morgan fingerprint density at radius 2 is 1.65 bits per heavy atom. The molecule has 2 aromatic rings. The predicted molar refractivity (Wildman–Crippen MR) is 191 cm³/mol. The SMILES string of the molecule is C[C@@H]1CN(CC(=O)N2c3cc(Cc4ccc(F)cc4)c(CN4CC(O)C4)nc3OC[C@@H]2C)[C@@H](CN2[C@H](C)COC[C@H]2C)CN1C(=O)OC(C)(C)C. The number of carbonyl (C=O) groups excluding carboxylic acids is 2. The molecule has 6 rings (SSSR count). The number of fused-ring (bicyclic) bond motifs is 1. The van der Waals surface area contributed by atoms with E-state index in [1.807, 2.05) is 50.5 Å². The quantitative estimate of drug-likeness (QED) is 0.437. The number of hydrogen-bond acceptors (Lipinski definition) is 10. The molecule has 0 unspecified atom stereocenters. The van der Waals surface area contributed by atoms with Crippen LogP contribution < -0.4 is 9.64 Å². The number of β-amino-alcohol motifs (C(OH)–C–C–N with tert-alkyl or cyclic N) is 1. The van der Waals surface area contributed by atoms with E-state index in [1.165, 1.54) is 12.1 Å². The van der Waals surface area contributed by atoms with Gasteiger partial charge in [0.05, 0.1) is 37.6 Å². The Morgan fingerprint density at radius 1 is 0.961 bits per heavy atom. The van der Waals surface area contributed by atoms with Crippen LogP contribution in [0.25, 0.3) is 0 Å². The Balaban J connectivity index is 1.27. The van der Waals surface area contributed by atoms with Crippen molar-refractivity contribution >= 4 is 17.7 Å². The van der Waals surface area contributed by atoms with Crippen molar-refractivity contribution in [2.45, 2.75) is 103 Å². The Labute approximate surface area is 301 Å². The molecule has 1 N–H and O–H groups in total. The van der Waals surface area contributed by atoms with Gasteiger partial charge in [0.15, 0.2) is 0 Å². The number of aliphatic hydroxyl groups is 1. The molecule has 1 aromatic carbocycles. The van der Waals surface area contributed by atoms with Crippen molar-refractivity contribution in [2.24, 2.45) is 0 Å². The second-order valence-electron chi connectivity index (χ2n) is 16.0. The maximum absolute atomic E-state index is 14.6. The number of hydrogen-bond donors (Lipinski definition) is 1. The molecule has 0 radical (unpaired) electrons. The van der Waals surface area contributed by atoms with Crippen LogP contribution in [0.1, 0.15) is 65.3 Å². The maximum atomic E-state index is 14.6. The molecule has 2 amide bonds. The van der Waals surface area contributed by atoms with E-state index in [9.17, 15) is 19.1 Å². The molecule has 3 saturated heterocycles. The summed E-state index contributed by atoms with van der Waals surface area (Å²) in [5.74, 6) is 0.0513. The van der Waals surface area contributed by atoms with Crippen molar-refractivity contribution in [3.8, 4) is 5.88 Å². The Kier molecular flexibility index (Phi) is 11.2. The van der Waals surface area contributed by atoms with Gasteiger partial charge < -0.3 is 29.1 Å². The number of rotatable bonds is 8. The molecule has 5 heterocycles. The van der Waals surface area contributed by atoms with Gasteiger partial charge in [0, 0.05) is 63.4 Å². The van der Waals surface area contributed by atoms with E-state index >= 15 is 0 Å². The highest BCUT2D eigenvalue weighted by molar-refractivity contribution is 5.97. The molecular weight excluding hydrogens is 655 g/mol. The fourth-order valence-corrected chi connectivity index (χ4v) is 7.67. The molecule has 0 bridgehead atoms. The number of aliphatic hydroxyl groups excluding tert-OH is 1. The van der Waals surface area contributed by atoms with Gasteiger partial charge in [0.1, 0.15) is 23.7 Å². The third-order valence-electron chi connectivity index (χ3n) is 10.4. The lowest BCUT2D eigenvalue weighted by Gasteiger charge is -2.49. The zero-order valence-electron chi connectivity index (χ0n) is 31.2. The molecule has 12 nitrogen and oxygen atoms in total. The zero-order chi connectivity index (χ0) is 36.6. The van der Waals surface area contributed by atoms with Crippen molar-refractivity contribution in [1.29, 1.82) is 0 Å². The molecule has 3 fully saturated rings. The molecule has 4 aliphatic rings. The number of morpholine rings is 1. The minimum atomic E-state index is -0.619. The minimum Gasteiger partial charge on any atom is -0.474 e. The molecule has 0 spiro atoms. The van der Waals surface area contributed by atoms with Crippen LogP contribution in [0.15, 0.2) is 30.3 Å². The van der Waals surface area contributed by atoms with E-state index < -0.39 is 5.60 Å². The number of piperazine rings is 1. The van der Waals surface area contributed by atoms with E-state index in [-0.39, 0.29) is 60.7 Å². The molecular formula is C38H55FN6O6. The largest absolute Gasteiger partial charge is 0.474 e. The van der Waals surface area contributed by atoms with Crippen LogP contribution in [0.5, 0.6) is 5.88 Å². The summed E-state index contributed by atoms with van der Waals surface area (Å²) < 4.78 is 31.5. The second-order valence-corrected chi connectivity index (χ2v) is 16.0. The summed E-state index contributed by atoms with van der Waals surface area (Å²) in [6.07, 6.45) is -0.182. The number of likely N-dealkylation sites (tertiary alicyclic amines) is 1. The van der Waals surface area contributed by atoms with Crippen LogP contribution in [0.3, 0.4) is 0 Å². The van der Waals surface area contributed by atoms with Gasteiger partial charge in [-0.1, -0.05) is 12.1 Å². The van der Waals surface area contributed by atoms with Gasteiger partial charge in [-0.2, -0.15) is 0 Å². The zero-order valence-corrected chi connectivity index (χ0v) is 31.2. The van der Waals surface area contributed by atoms with Crippen molar-refractivity contribution < 1.29 is 33.3 Å². The Morgan fingerprint density at radius 3 is 2.29 bits per heavy atom. The monoisotopic (exact) mass is 710 g/mol. The van der Waals surface area contributed by atoms with Crippen molar-refractivity contribution in [3.05, 3.63) is 53.0 Å². The normalized spacial score (nSPS) is 26.7. The van der Waals surface area contributed by atoms with Crippen LogP contribution in [-0.4, -0.2) is 143 Å². The van der Waals surface area contributed by atoms with Crippen LogP contribution in [0, 0.1) is 5.82 Å². The van der Waals surface area contributed by atoms with Gasteiger partial charge in [-0.3, -0.25) is 19.5 Å². The summed E-state index contributed by atoms with van der Waals surface area (Å²) in [6.45, 7) is 19.0. The lowest BCUT2D eigenvalue weighted by atomic mass is 10.0. The van der Waals surface area contributed by atoms with Crippen LogP contribution in [-0.2, 0) is 27.2 Å². The van der Waals surface area contributed by atoms with E-state index in [0.717, 1.165) is 16.8 Å². The Hall–Kier alpha value is -3.36. The number of halogens is 1. The number of aromatic nitrogens is 1. The third-order valence-corrected chi connectivity index (χ3v) is 10.4. The van der Waals surface area contributed by atoms with Crippen molar-refractivity contribution in [1.82, 2.24) is 24.6 Å². The van der Waals surface area contributed by atoms with Gasteiger partial charge >= 0.3 is 6.09 Å². The van der Waals surface area contributed by atoms with Gasteiger partial charge in [0.25, 0.3) is 0 Å². The van der Waals surface area contributed by atoms with Crippen LogP contribution in [0.2, 0.25) is 0 Å². The predicted octanol–water partition coefficient (Wildman–Crippen LogP) is 3.52. The van der Waals surface area contributed by atoms with Crippen LogP contribution in [0.4, 0.5) is 14.9 Å². The fraction of sp³-hybridized carbons (Fsp3) is 0.658. The van der Waals surface area contributed by atoms with Crippen molar-refractivity contribution in [3.63, 3.8) is 0 Å². The van der Waals surface area contributed by atoms with Gasteiger partial charge in [-0.25, -0.2) is 14.2 Å². The summed E-state index contributed by atoms with van der Waals surface area (Å²) >= 11 is 0. The molecule has 13 heteroatoms. The Bertz CT molecular complexity index is 1540. The highest BCUT2D eigenvalue weighted by Crippen LogP contribution is 2.36. The third kappa shape index (κ3) is 8.82. The molecule has 280 valence electrons. The summed E-state index contributed by atoms with van der Waals surface area (Å²) in [4.78, 5) is 43.3. The minimum absolute atomic E-state index is 0.0637. The number of pyridine rings is 1. The van der Waals surface area contributed by atoms with Crippen molar-refractivity contribution in [2.75, 3.05) is 64.0 Å². The second kappa shape index (κ2) is 15.3. The van der Waals surface area contributed by atoms with E-state index in [4.69, 9.17) is 19.2 Å². The standard InChI is InChI=1S/C38H55FN6O6/c1-24-14-42(31(15-43-25(2)21-49-22-26(43)3)16-44(24)37(48)51-38(5,6)7)20-35(47)45-27(4)23-50-36-34(45)13-29(12-28-8-10-30(39)11-9-28)33(40-36)19-41-17-32(46)18-41/h8-11,13,24-27,31-32,46H,12,14-23H2,1-7H3/t24-,25-,26-,27+,31+/m1/s1. The first kappa shape index (κ1) is 37.4. The summed E-state index contributed by atoms with van der Waals surface area (Å²) in [6, 6.07) is 8.32. The van der Waals surface area contributed by atoms with E-state index in [2.05, 4.69) is 28.5 Å². The van der Waals surface area contributed by atoms with E-state index in [1.54, 1.807) is 12.1 Å². The van der Waals surface area contributed by atoms with Gasteiger partial charge in [-0.15, -0.1) is 0 Å². The molecule has 4 aliphatic heterocycles. The number of anilines is 1. The molecule has 1 aromatic heterocycles. The number of ether oxygens (including phenoxy) is 3. The topological polar surface area (TPSA) is 111 Å². The summed E-state index contributed by atoms with van der Waals surface area (Å²) in [5.41, 5.74) is 2.66. The molecule has 5 atom stereocenters. The first-order valence-corrected chi connectivity index (χ1v) is 18.3. The highest BCUT2D eigenvalue weighted by atomic mass is 19.1. The van der Waals surface area contributed by atoms with Gasteiger partial charge in [0.2, 0.25) is 11.8 Å². The fourth-order valence-electron chi connectivity index (χ4n) is 7.67. The molecule has 51 heavy (non-hydrogen) atoms. The lowest BCUT2D eigenvalue weighted by molar-refractivity contribution is -0.123. The van der Waals surface area contributed by atoms with E-state index in [0.29, 0.717) is 77.1 Å². The lowest BCUT2D eigenvalue weighted by Crippen LogP contribution is -2.65. The average Bonchev–Trinajstić information content (AvgIpc) is 3.03. The summed E-state index contributed by atoms with van der Waals surface area (Å²) in [7, 11) is 0. The summed E-state index contributed by atoms with van der Waals surface area (Å²) in [5, 5.41) is 9.91. The first-order chi connectivity index (χ1) is 24.1. The first-order valence-electron chi connectivity index (χ1n) is 18.3. The maximum Gasteiger partial charge on any atom is 0.410 e. The smallest absolute Gasteiger partial charge is 0.410 e. The number of nitrogens with zero attached hydrogens (tertiary/aromatic N) is 6. The van der Waals surface area contributed by atoms with Gasteiger partial charge in [-0.05, 0) is 84.2 Å². The number of amides is 2.